The first-order valence-corrected chi connectivity index (χ1v) is 12.6. The molecule has 0 aliphatic carbocycles. The summed E-state index contributed by atoms with van der Waals surface area (Å²) in [6.45, 7) is 6.74. The number of methoxy groups -OCH3 is 1. The Morgan fingerprint density at radius 3 is 2.22 bits per heavy atom. The smallest absolute Gasteiger partial charge is 0.478 e. The van der Waals surface area contributed by atoms with Crippen LogP contribution in [0.5, 0.6) is 0 Å². The molecule has 1 aliphatic rings. The molecule has 0 saturated carbocycles. The van der Waals surface area contributed by atoms with E-state index in [0.717, 1.165) is 18.7 Å². The van der Waals surface area contributed by atoms with Gasteiger partial charge in [0.15, 0.2) is 5.96 Å². The number of piperazine rings is 1. The Labute approximate surface area is 235 Å². The topological polar surface area (TPSA) is 144 Å². The molecular weight excluding hydrogens is 547 g/mol. The molecule has 1 saturated heterocycles. The molecule has 41 heavy (non-hydrogen) atoms. The third-order valence-corrected chi connectivity index (χ3v) is 5.81. The van der Waals surface area contributed by atoms with Crippen LogP contribution >= 0.6 is 0 Å². The largest absolute Gasteiger partial charge is 0.490 e. The first-order valence-electron chi connectivity index (χ1n) is 12.6. The van der Waals surface area contributed by atoms with Crippen LogP contribution in [0.25, 0.3) is 0 Å². The summed E-state index contributed by atoms with van der Waals surface area (Å²) >= 11 is 0. The number of anilines is 1. The molecule has 0 unspecified atom stereocenters. The van der Waals surface area contributed by atoms with E-state index in [1.807, 2.05) is 13.0 Å². The van der Waals surface area contributed by atoms with Gasteiger partial charge in [0.25, 0.3) is 0 Å². The lowest BCUT2D eigenvalue weighted by Crippen LogP contribution is -2.52. The zero-order valence-corrected chi connectivity index (χ0v) is 22.8. The van der Waals surface area contributed by atoms with Gasteiger partial charge in [-0.1, -0.05) is 35.9 Å². The zero-order valence-electron chi connectivity index (χ0n) is 22.8. The van der Waals surface area contributed by atoms with Crippen LogP contribution < -0.4 is 10.6 Å². The van der Waals surface area contributed by atoms with Gasteiger partial charge in [-0.15, -0.1) is 0 Å². The average molecular weight is 582 g/mol. The molecule has 2 aromatic rings. The Bertz CT molecular complexity index is 1180. The molecule has 224 valence electrons. The second kappa shape index (κ2) is 16.2. The fourth-order valence-electron chi connectivity index (χ4n) is 3.61. The number of amides is 1. The molecule has 0 radical (unpaired) electrons. The molecule has 3 rings (SSSR count). The van der Waals surface area contributed by atoms with E-state index in [4.69, 9.17) is 19.6 Å². The number of benzene rings is 2. The molecule has 4 N–H and O–H groups in total. The van der Waals surface area contributed by atoms with Crippen molar-refractivity contribution >= 4 is 29.5 Å². The molecule has 1 fully saturated rings. The van der Waals surface area contributed by atoms with Gasteiger partial charge in [-0.25, -0.2) is 14.6 Å². The van der Waals surface area contributed by atoms with E-state index in [0.29, 0.717) is 51.0 Å². The van der Waals surface area contributed by atoms with Crippen molar-refractivity contribution in [3.63, 3.8) is 0 Å². The van der Waals surface area contributed by atoms with E-state index in [9.17, 15) is 27.9 Å². The first-order chi connectivity index (χ1) is 19.4. The van der Waals surface area contributed by atoms with Gasteiger partial charge in [-0.2, -0.15) is 13.2 Å². The van der Waals surface area contributed by atoms with Gasteiger partial charge in [0.05, 0.1) is 25.3 Å². The van der Waals surface area contributed by atoms with Gasteiger partial charge in [0.2, 0.25) is 5.91 Å². The molecular formula is C27H34F3N5O6. The Morgan fingerprint density at radius 1 is 1.02 bits per heavy atom. The third kappa shape index (κ3) is 12.3. The van der Waals surface area contributed by atoms with Gasteiger partial charge in [0.1, 0.15) is 0 Å². The number of halogens is 3. The maximum absolute atomic E-state index is 12.1. The number of aryl methyl sites for hydroxylation is 1. The number of nitrogens with one attached hydrogen (secondary N) is 2. The highest BCUT2D eigenvalue weighted by atomic mass is 19.4. The normalized spacial score (nSPS) is 14.1. The molecule has 11 nitrogen and oxygen atoms in total. The van der Waals surface area contributed by atoms with Gasteiger partial charge in [-0.3, -0.25) is 9.69 Å². The molecule has 2 aromatic carbocycles. The third-order valence-electron chi connectivity index (χ3n) is 5.81. The lowest BCUT2D eigenvalue weighted by Gasteiger charge is -2.36. The van der Waals surface area contributed by atoms with Crippen molar-refractivity contribution < 1.29 is 42.5 Å². The van der Waals surface area contributed by atoms with Gasteiger partial charge >= 0.3 is 18.1 Å². The van der Waals surface area contributed by atoms with Crippen LogP contribution in [0.2, 0.25) is 0 Å². The number of rotatable bonds is 9. The summed E-state index contributed by atoms with van der Waals surface area (Å²) in [5, 5.41) is 22.6. The molecule has 0 aromatic heterocycles. The highest BCUT2D eigenvalue weighted by Crippen LogP contribution is 2.14. The van der Waals surface area contributed by atoms with Crippen molar-refractivity contribution in [2.45, 2.75) is 19.6 Å². The Morgan fingerprint density at radius 2 is 1.66 bits per heavy atom. The monoisotopic (exact) mass is 581 g/mol. The van der Waals surface area contributed by atoms with Crippen molar-refractivity contribution in [1.82, 2.24) is 15.1 Å². The van der Waals surface area contributed by atoms with E-state index in [2.05, 4.69) is 44.7 Å². The Hall–Kier alpha value is -4.17. The minimum Gasteiger partial charge on any atom is -0.478 e. The SMILES string of the molecule is COCCNC(=O)CN1CCN(C(=NCc2ccc(C)cc2)Nc2cccc(C(=O)O)c2)CC1.O=C(O)C(F)(F)F. The molecule has 0 bridgehead atoms. The molecule has 14 heteroatoms. The van der Waals surface area contributed by atoms with Crippen LogP contribution in [0.3, 0.4) is 0 Å². The number of nitrogens with zero attached hydrogens (tertiary/aromatic N) is 3. The molecule has 0 atom stereocenters. The summed E-state index contributed by atoms with van der Waals surface area (Å²) in [7, 11) is 1.61. The van der Waals surface area contributed by atoms with Gasteiger partial charge in [0, 0.05) is 45.5 Å². The highest BCUT2D eigenvalue weighted by molar-refractivity contribution is 5.96. The standard InChI is InChI=1S/C25H33N5O4.C2HF3O2/c1-19-6-8-20(9-7-19)17-27-25(28-22-5-3-4-21(16-22)24(32)33)30-13-11-29(12-14-30)18-23(31)26-10-15-34-2;3-2(4,5)1(6)7/h3-9,16H,10-15,17-18H2,1-2H3,(H,26,31)(H,27,28)(H,32,33);(H,6,7). The highest BCUT2D eigenvalue weighted by Gasteiger charge is 2.38. The fourth-order valence-corrected chi connectivity index (χ4v) is 3.61. The number of ether oxygens (including phenoxy) is 1. The average Bonchev–Trinajstić information content (AvgIpc) is 2.92. The number of carbonyl (C=O) groups excluding carboxylic acids is 1. The maximum atomic E-state index is 12.1. The zero-order chi connectivity index (χ0) is 30.4. The van der Waals surface area contributed by atoms with Gasteiger partial charge < -0.3 is 30.5 Å². The predicted molar refractivity (Wildman–Crippen MR) is 146 cm³/mol. The van der Waals surface area contributed by atoms with Crippen LogP contribution in [0.15, 0.2) is 53.5 Å². The number of carboxylic acid groups (broad SMARTS) is 2. The Balaban J connectivity index is 0.000000745. The number of guanidine groups is 1. The van der Waals surface area contributed by atoms with Crippen LogP contribution in [0, 0.1) is 6.92 Å². The minimum absolute atomic E-state index is 0.0117. The predicted octanol–water partition coefficient (Wildman–Crippen LogP) is 2.67. The summed E-state index contributed by atoms with van der Waals surface area (Å²) in [6, 6.07) is 14.9. The van der Waals surface area contributed by atoms with E-state index in [1.165, 1.54) is 5.56 Å². The summed E-state index contributed by atoms with van der Waals surface area (Å²) in [5.41, 5.74) is 3.17. The molecule has 0 spiro atoms. The quantitative estimate of drug-likeness (QED) is 0.200. The summed E-state index contributed by atoms with van der Waals surface area (Å²) in [5.74, 6) is -3.05. The van der Waals surface area contributed by atoms with Crippen molar-refractivity contribution in [1.29, 1.82) is 0 Å². The van der Waals surface area contributed by atoms with Crippen LogP contribution in [0.1, 0.15) is 21.5 Å². The number of hydrogen-bond donors (Lipinski definition) is 4. The van der Waals surface area contributed by atoms with Crippen LogP contribution in [0.4, 0.5) is 18.9 Å². The lowest BCUT2D eigenvalue weighted by molar-refractivity contribution is -0.192. The van der Waals surface area contributed by atoms with E-state index in [-0.39, 0.29) is 11.5 Å². The molecule has 1 heterocycles. The van der Waals surface area contributed by atoms with E-state index >= 15 is 0 Å². The minimum atomic E-state index is -5.08. The number of carbonyl (C=O) groups is 3. The van der Waals surface area contributed by atoms with E-state index < -0.39 is 18.1 Å². The molecule has 1 amide bonds. The Kier molecular flexibility index (Phi) is 13.0. The van der Waals surface area contributed by atoms with Crippen LogP contribution in [-0.2, 0) is 20.9 Å². The van der Waals surface area contributed by atoms with Crippen molar-refractivity contribution in [2.75, 3.05) is 58.3 Å². The molecule has 1 aliphatic heterocycles. The van der Waals surface area contributed by atoms with Crippen molar-refractivity contribution in [3.8, 4) is 0 Å². The van der Waals surface area contributed by atoms with E-state index in [1.54, 1.807) is 25.3 Å². The number of aliphatic carboxylic acids is 1. The number of carboxylic acids is 2. The van der Waals surface area contributed by atoms with Crippen molar-refractivity contribution in [3.05, 3.63) is 65.2 Å². The van der Waals surface area contributed by atoms with Crippen LogP contribution in [-0.4, -0.2) is 103 Å². The van der Waals surface area contributed by atoms with Gasteiger partial charge in [-0.05, 0) is 30.7 Å². The second-order valence-corrected chi connectivity index (χ2v) is 9.05. The second-order valence-electron chi connectivity index (χ2n) is 9.05. The number of aliphatic imine (C=N–C) groups is 1. The fraction of sp³-hybridized carbons (Fsp3) is 0.407. The lowest BCUT2D eigenvalue weighted by atomic mass is 10.1. The number of alkyl halides is 3. The maximum Gasteiger partial charge on any atom is 0.490 e. The summed E-state index contributed by atoms with van der Waals surface area (Å²) in [4.78, 5) is 41.5. The van der Waals surface area contributed by atoms with Crippen molar-refractivity contribution in [2.24, 2.45) is 4.99 Å². The first kappa shape index (κ1) is 33.0. The number of hydrogen-bond acceptors (Lipinski definition) is 6. The summed E-state index contributed by atoms with van der Waals surface area (Å²) in [6.07, 6.45) is -5.08. The summed E-state index contributed by atoms with van der Waals surface area (Å²) < 4.78 is 36.7. The number of aromatic carboxylic acids is 1.